The fourth-order valence-electron chi connectivity index (χ4n) is 5.37. The van der Waals surface area contributed by atoms with Crippen LogP contribution in [0.1, 0.15) is 43.0 Å². The number of halogens is 2. The van der Waals surface area contributed by atoms with Gasteiger partial charge in [0.2, 0.25) is 17.7 Å². The third-order valence-corrected chi connectivity index (χ3v) is 8.59. The normalized spacial score (nSPS) is 13.1. The zero-order chi connectivity index (χ0) is 33.5. The van der Waals surface area contributed by atoms with E-state index in [1.165, 1.54) is 43.4 Å². The van der Waals surface area contributed by atoms with Crippen LogP contribution in [0.15, 0.2) is 60.8 Å². The molecule has 1 fully saturated rings. The molecule has 2 N–H and O–H groups in total. The Morgan fingerprint density at radius 1 is 1.06 bits per heavy atom. The zero-order valence-corrected chi connectivity index (χ0v) is 28.0. The number of nitrogens with zero attached hydrogens (tertiary/aromatic N) is 4. The number of hydrogen-bond acceptors (Lipinski definition) is 7. The second-order valence-electron chi connectivity index (χ2n) is 11.3. The first kappa shape index (κ1) is 33.7. The highest BCUT2D eigenvalue weighted by molar-refractivity contribution is 6.38. The van der Waals surface area contributed by atoms with Crippen LogP contribution in [0.2, 0.25) is 10.0 Å². The topological polar surface area (TPSA) is 117 Å². The van der Waals surface area contributed by atoms with Crippen LogP contribution in [0.25, 0.3) is 17.0 Å². The summed E-state index contributed by atoms with van der Waals surface area (Å²) in [5.41, 5.74) is 4.44. The van der Waals surface area contributed by atoms with Crippen molar-refractivity contribution >= 4 is 75.1 Å². The number of aryl methyl sites for hydroxylation is 1. The van der Waals surface area contributed by atoms with Crippen molar-refractivity contribution < 1.29 is 19.1 Å². The molecule has 2 aromatic carbocycles. The molecule has 1 aliphatic heterocycles. The molecular formula is C35H36Cl2N6O4. The minimum atomic E-state index is -0.462. The maximum Gasteiger partial charge on any atom is 0.246 e. The summed E-state index contributed by atoms with van der Waals surface area (Å²) < 4.78 is 6.28. The minimum Gasteiger partial charge on any atom is -0.487 e. The molecule has 0 unspecified atom stereocenters. The Bertz CT molecular complexity index is 1820. The SMILES string of the molecule is CC(=O)Nc1ccc(C=CC(=O)NCC(=O)N(C)c2ccc(Cl)c(COc3cccc4c(N5CCCCC5)cc(C)nc34)c2Cl)cn1. The average molecular weight is 676 g/mol. The van der Waals surface area contributed by atoms with Crippen molar-refractivity contribution in [3.8, 4) is 5.75 Å². The van der Waals surface area contributed by atoms with E-state index < -0.39 is 5.91 Å². The maximum absolute atomic E-state index is 13.0. The van der Waals surface area contributed by atoms with Crippen molar-refractivity contribution in [3.05, 3.63) is 87.7 Å². The summed E-state index contributed by atoms with van der Waals surface area (Å²) >= 11 is 13.4. The third kappa shape index (κ3) is 8.38. The molecule has 0 saturated carbocycles. The van der Waals surface area contributed by atoms with Crippen LogP contribution >= 0.6 is 23.2 Å². The summed E-state index contributed by atoms with van der Waals surface area (Å²) in [7, 11) is 1.58. The molecule has 0 spiro atoms. The first-order chi connectivity index (χ1) is 22.6. The summed E-state index contributed by atoms with van der Waals surface area (Å²) in [5.74, 6) is -0.0544. The number of likely N-dealkylation sites (N-methyl/N-ethyl adjacent to an activating group) is 1. The number of aromatic nitrogens is 2. The van der Waals surface area contributed by atoms with Gasteiger partial charge in [-0.3, -0.25) is 14.4 Å². The second kappa shape index (κ2) is 15.3. The first-order valence-corrected chi connectivity index (χ1v) is 16.1. The summed E-state index contributed by atoms with van der Waals surface area (Å²) in [6.07, 6.45) is 7.95. The van der Waals surface area contributed by atoms with Gasteiger partial charge in [-0.25, -0.2) is 9.97 Å². The van der Waals surface area contributed by atoms with E-state index in [-0.39, 0.29) is 30.0 Å². The highest BCUT2D eigenvalue weighted by Gasteiger charge is 2.20. The van der Waals surface area contributed by atoms with Gasteiger partial charge in [0, 0.05) is 66.7 Å². The van der Waals surface area contributed by atoms with Crippen molar-refractivity contribution in [1.29, 1.82) is 0 Å². The predicted molar refractivity (Wildman–Crippen MR) is 187 cm³/mol. The smallest absolute Gasteiger partial charge is 0.246 e. The van der Waals surface area contributed by atoms with Crippen LogP contribution < -0.4 is 25.2 Å². The molecule has 1 aliphatic rings. The lowest BCUT2D eigenvalue weighted by Gasteiger charge is -2.30. The molecule has 10 nitrogen and oxygen atoms in total. The molecule has 2 aromatic heterocycles. The minimum absolute atomic E-state index is 0.0590. The van der Waals surface area contributed by atoms with Crippen LogP contribution in [0, 0.1) is 6.92 Å². The van der Waals surface area contributed by atoms with Gasteiger partial charge in [0.1, 0.15) is 23.7 Å². The van der Waals surface area contributed by atoms with E-state index in [0.29, 0.717) is 33.4 Å². The van der Waals surface area contributed by atoms with Crippen LogP contribution in [-0.4, -0.2) is 54.4 Å². The number of fused-ring (bicyclic) bond motifs is 1. The number of benzene rings is 2. The number of pyridine rings is 2. The molecule has 4 aromatic rings. The van der Waals surface area contributed by atoms with Crippen LogP contribution in [0.4, 0.5) is 17.2 Å². The largest absolute Gasteiger partial charge is 0.487 e. The van der Waals surface area contributed by atoms with E-state index in [0.717, 1.165) is 35.4 Å². The van der Waals surface area contributed by atoms with E-state index in [1.807, 2.05) is 19.1 Å². The fraction of sp³-hybridized carbons (Fsp3) is 0.286. The number of ether oxygens (including phenoxy) is 1. The molecule has 12 heteroatoms. The molecule has 3 heterocycles. The molecule has 5 rings (SSSR count). The van der Waals surface area contributed by atoms with Gasteiger partial charge in [-0.15, -0.1) is 0 Å². The van der Waals surface area contributed by atoms with Gasteiger partial charge in [-0.2, -0.15) is 0 Å². The Kier molecular flexibility index (Phi) is 11.0. The summed E-state index contributed by atoms with van der Waals surface area (Å²) in [6.45, 7) is 5.21. The Balaban J connectivity index is 1.24. The third-order valence-electron chi connectivity index (χ3n) is 7.81. The lowest BCUT2D eigenvalue weighted by Crippen LogP contribution is -2.37. The van der Waals surface area contributed by atoms with Crippen molar-refractivity contribution in [2.45, 2.75) is 39.7 Å². The number of carbonyl (C=O) groups excluding carboxylic acids is 3. The molecule has 0 atom stereocenters. The average Bonchev–Trinajstić information content (AvgIpc) is 3.06. The number of para-hydroxylation sites is 1. The lowest BCUT2D eigenvalue weighted by atomic mass is 10.1. The lowest BCUT2D eigenvalue weighted by molar-refractivity contribution is -0.122. The number of piperidine rings is 1. The summed E-state index contributed by atoms with van der Waals surface area (Å²) in [6, 6.07) is 14.7. The number of rotatable bonds is 10. The highest BCUT2D eigenvalue weighted by atomic mass is 35.5. The number of anilines is 3. The molecular weight excluding hydrogens is 639 g/mol. The monoisotopic (exact) mass is 674 g/mol. The van der Waals surface area contributed by atoms with Crippen LogP contribution in [0.3, 0.4) is 0 Å². The van der Waals surface area contributed by atoms with Crippen molar-refractivity contribution in [3.63, 3.8) is 0 Å². The maximum atomic E-state index is 13.0. The molecule has 3 amide bonds. The van der Waals surface area contributed by atoms with E-state index in [1.54, 1.807) is 37.4 Å². The van der Waals surface area contributed by atoms with Gasteiger partial charge >= 0.3 is 0 Å². The molecule has 0 aliphatic carbocycles. The van der Waals surface area contributed by atoms with Gasteiger partial charge < -0.3 is 25.2 Å². The summed E-state index contributed by atoms with van der Waals surface area (Å²) in [5, 5.41) is 6.86. The molecule has 47 heavy (non-hydrogen) atoms. The molecule has 0 bridgehead atoms. The Morgan fingerprint density at radius 3 is 2.57 bits per heavy atom. The zero-order valence-electron chi connectivity index (χ0n) is 26.5. The van der Waals surface area contributed by atoms with Crippen molar-refractivity contribution in [2.75, 3.05) is 41.8 Å². The van der Waals surface area contributed by atoms with E-state index in [2.05, 4.69) is 32.7 Å². The Morgan fingerprint density at radius 2 is 1.85 bits per heavy atom. The van der Waals surface area contributed by atoms with Crippen molar-refractivity contribution in [1.82, 2.24) is 15.3 Å². The Labute approximate surface area is 283 Å². The quantitative estimate of drug-likeness (QED) is 0.183. The van der Waals surface area contributed by atoms with Crippen molar-refractivity contribution in [2.24, 2.45) is 0 Å². The van der Waals surface area contributed by atoms with Gasteiger partial charge in [0.25, 0.3) is 0 Å². The number of nitrogens with one attached hydrogen (secondary N) is 2. The number of hydrogen-bond donors (Lipinski definition) is 2. The molecule has 244 valence electrons. The van der Waals surface area contributed by atoms with Crippen LogP contribution in [-0.2, 0) is 21.0 Å². The number of amides is 3. The predicted octanol–water partition coefficient (Wildman–Crippen LogP) is 6.57. The van der Waals surface area contributed by atoms with E-state index in [9.17, 15) is 14.4 Å². The van der Waals surface area contributed by atoms with Gasteiger partial charge in [-0.05, 0) is 74.2 Å². The van der Waals surface area contributed by atoms with E-state index >= 15 is 0 Å². The van der Waals surface area contributed by atoms with Crippen LogP contribution in [0.5, 0.6) is 5.75 Å². The molecule has 0 radical (unpaired) electrons. The van der Waals surface area contributed by atoms with E-state index in [4.69, 9.17) is 32.9 Å². The second-order valence-corrected chi connectivity index (χ2v) is 12.1. The highest BCUT2D eigenvalue weighted by Crippen LogP contribution is 2.37. The van der Waals surface area contributed by atoms with Gasteiger partial charge in [0.15, 0.2) is 0 Å². The standard InChI is InChI=1S/C35H36Cl2N6O4/c1-22-18-29(43-16-5-4-6-17-43)25-8-7-9-30(35(25)40-22)47-21-26-27(36)12-13-28(34(26)37)42(3)33(46)20-39-32(45)15-11-24-10-14-31(38-19-24)41-23(2)44/h7-15,18-19H,4-6,16-17,20-21H2,1-3H3,(H,39,45)(H,38,41,44). The molecule has 1 saturated heterocycles. The van der Waals surface area contributed by atoms with Gasteiger partial charge in [0.05, 0.1) is 17.3 Å². The van der Waals surface area contributed by atoms with Gasteiger partial charge in [-0.1, -0.05) is 35.3 Å². The fourth-order valence-corrected chi connectivity index (χ4v) is 5.98. The first-order valence-electron chi connectivity index (χ1n) is 15.3. The summed E-state index contributed by atoms with van der Waals surface area (Å²) in [4.78, 5) is 49.3. The number of carbonyl (C=O) groups is 3. The Hall–Kier alpha value is -4.67.